The smallest absolute Gasteiger partial charge is 0.136 e. The highest BCUT2D eigenvalue weighted by molar-refractivity contribution is 5.47. The first-order chi connectivity index (χ1) is 5.65. The number of aryl methyl sites for hydroxylation is 2. The van der Waals surface area contributed by atoms with Gasteiger partial charge in [-0.25, -0.2) is 9.97 Å². The SMILES string of the molecule is C=CNc1nc(C)nc(C)c1C. The number of aromatic nitrogens is 2. The summed E-state index contributed by atoms with van der Waals surface area (Å²) in [5.74, 6) is 1.62. The molecule has 3 nitrogen and oxygen atoms in total. The van der Waals surface area contributed by atoms with Crippen molar-refractivity contribution in [3.05, 3.63) is 29.9 Å². The maximum atomic E-state index is 4.23. The second-order valence-electron chi connectivity index (χ2n) is 2.68. The molecule has 0 aliphatic heterocycles. The third kappa shape index (κ3) is 1.61. The van der Waals surface area contributed by atoms with Crippen molar-refractivity contribution in [3.8, 4) is 0 Å². The Bertz CT molecular complexity index is 305. The van der Waals surface area contributed by atoms with Crippen LogP contribution in [0.3, 0.4) is 0 Å². The lowest BCUT2D eigenvalue weighted by Crippen LogP contribution is -2.01. The van der Waals surface area contributed by atoms with Crippen LogP contribution in [0.1, 0.15) is 17.1 Å². The van der Waals surface area contributed by atoms with E-state index < -0.39 is 0 Å². The highest BCUT2D eigenvalue weighted by atomic mass is 15.0. The Hall–Kier alpha value is -1.38. The molecule has 0 unspecified atom stereocenters. The van der Waals surface area contributed by atoms with Crippen LogP contribution < -0.4 is 5.32 Å². The fraction of sp³-hybridized carbons (Fsp3) is 0.333. The number of rotatable bonds is 2. The summed E-state index contributed by atoms with van der Waals surface area (Å²) in [5, 5.41) is 2.97. The second-order valence-corrected chi connectivity index (χ2v) is 2.68. The first-order valence-electron chi connectivity index (χ1n) is 3.84. The number of nitrogens with one attached hydrogen (secondary N) is 1. The number of hydrogen-bond donors (Lipinski definition) is 1. The first-order valence-corrected chi connectivity index (χ1v) is 3.84. The van der Waals surface area contributed by atoms with Crippen LogP contribution in [-0.4, -0.2) is 9.97 Å². The Morgan fingerprint density at radius 3 is 2.50 bits per heavy atom. The molecule has 1 rings (SSSR count). The zero-order valence-corrected chi connectivity index (χ0v) is 7.68. The monoisotopic (exact) mass is 163 g/mol. The van der Waals surface area contributed by atoms with Gasteiger partial charge in [0, 0.05) is 11.3 Å². The van der Waals surface area contributed by atoms with E-state index in [1.807, 2.05) is 20.8 Å². The fourth-order valence-corrected chi connectivity index (χ4v) is 1.01. The Balaban J connectivity index is 3.17. The molecule has 1 N–H and O–H groups in total. The average Bonchev–Trinajstić information content (AvgIpc) is 2.00. The second kappa shape index (κ2) is 3.34. The van der Waals surface area contributed by atoms with Crippen LogP contribution in [0.15, 0.2) is 12.8 Å². The molecule has 0 aliphatic carbocycles. The Kier molecular flexibility index (Phi) is 2.43. The van der Waals surface area contributed by atoms with E-state index in [0.29, 0.717) is 0 Å². The Morgan fingerprint density at radius 2 is 1.92 bits per heavy atom. The van der Waals surface area contributed by atoms with Crippen molar-refractivity contribution in [2.24, 2.45) is 0 Å². The molecule has 0 atom stereocenters. The number of nitrogens with zero attached hydrogens (tertiary/aromatic N) is 2. The van der Waals surface area contributed by atoms with Crippen LogP contribution in [0.25, 0.3) is 0 Å². The largest absolute Gasteiger partial charge is 0.347 e. The average molecular weight is 163 g/mol. The van der Waals surface area contributed by atoms with Gasteiger partial charge in [-0.3, -0.25) is 0 Å². The molecule has 12 heavy (non-hydrogen) atoms. The number of anilines is 1. The molecule has 1 heterocycles. The predicted octanol–water partition coefficient (Wildman–Crippen LogP) is 1.96. The third-order valence-electron chi connectivity index (χ3n) is 1.74. The summed E-state index contributed by atoms with van der Waals surface area (Å²) < 4.78 is 0. The molecule has 1 aromatic rings. The van der Waals surface area contributed by atoms with Gasteiger partial charge in [0.1, 0.15) is 11.6 Å². The molecule has 0 amide bonds. The molecular formula is C9H13N3. The van der Waals surface area contributed by atoms with Crippen molar-refractivity contribution in [1.29, 1.82) is 0 Å². The quantitative estimate of drug-likeness (QED) is 0.724. The van der Waals surface area contributed by atoms with Gasteiger partial charge in [0.15, 0.2) is 0 Å². The summed E-state index contributed by atoms with van der Waals surface area (Å²) >= 11 is 0. The Morgan fingerprint density at radius 1 is 1.25 bits per heavy atom. The normalized spacial score (nSPS) is 9.58. The molecule has 0 aliphatic rings. The summed E-state index contributed by atoms with van der Waals surface area (Å²) in [6, 6.07) is 0. The van der Waals surface area contributed by atoms with Gasteiger partial charge in [-0.05, 0) is 27.0 Å². The lowest BCUT2D eigenvalue weighted by atomic mass is 10.2. The lowest BCUT2D eigenvalue weighted by molar-refractivity contribution is 0.990. The van der Waals surface area contributed by atoms with Crippen molar-refractivity contribution in [3.63, 3.8) is 0 Å². The summed E-state index contributed by atoms with van der Waals surface area (Å²) in [4.78, 5) is 8.46. The van der Waals surface area contributed by atoms with Gasteiger partial charge in [0.25, 0.3) is 0 Å². The van der Waals surface area contributed by atoms with Gasteiger partial charge in [0.05, 0.1) is 0 Å². The van der Waals surface area contributed by atoms with Crippen LogP contribution in [0.5, 0.6) is 0 Å². The molecule has 0 saturated heterocycles. The summed E-state index contributed by atoms with van der Waals surface area (Å²) in [7, 11) is 0. The van der Waals surface area contributed by atoms with E-state index in [2.05, 4.69) is 21.9 Å². The van der Waals surface area contributed by atoms with Gasteiger partial charge in [-0.2, -0.15) is 0 Å². The predicted molar refractivity (Wildman–Crippen MR) is 50.1 cm³/mol. The lowest BCUT2D eigenvalue weighted by Gasteiger charge is -2.07. The van der Waals surface area contributed by atoms with Gasteiger partial charge in [-0.1, -0.05) is 6.58 Å². The Labute approximate surface area is 72.6 Å². The molecule has 1 aromatic heterocycles. The van der Waals surface area contributed by atoms with E-state index >= 15 is 0 Å². The van der Waals surface area contributed by atoms with E-state index in [1.165, 1.54) is 0 Å². The van der Waals surface area contributed by atoms with Gasteiger partial charge < -0.3 is 5.32 Å². The van der Waals surface area contributed by atoms with Crippen molar-refractivity contribution < 1.29 is 0 Å². The highest BCUT2D eigenvalue weighted by Crippen LogP contribution is 2.13. The van der Waals surface area contributed by atoms with E-state index in [1.54, 1.807) is 6.20 Å². The minimum Gasteiger partial charge on any atom is -0.347 e. The minimum atomic E-state index is 0.780. The van der Waals surface area contributed by atoms with E-state index in [-0.39, 0.29) is 0 Å². The molecule has 0 bridgehead atoms. The zero-order valence-electron chi connectivity index (χ0n) is 7.68. The third-order valence-corrected chi connectivity index (χ3v) is 1.74. The van der Waals surface area contributed by atoms with Gasteiger partial charge >= 0.3 is 0 Å². The van der Waals surface area contributed by atoms with Crippen LogP contribution in [-0.2, 0) is 0 Å². The molecule has 3 heteroatoms. The van der Waals surface area contributed by atoms with E-state index in [4.69, 9.17) is 0 Å². The fourth-order valence-electron chi connectivity index (χ4n) is 1.01. The molecule has 0 radical (unpaired) electrons. The zero-order chi connectivity index (χ0) is 9.14. The topological polar surface area (TPSA) is 37.8 Å². The van der Waals surface area contributed by atoms with Gasteiger partial charge in [0.2, 0.25) is 0 Å². The van der Waals surface area contributed by atoms with Crippen LogP contribution >= 0.6 is 0 Å². The van der Waals surface area contributed by atoms with Crippen LogP contribution in [0.2, 0.25) is 0 Å². The maximum absolute atomic E-state index is 4.23. The molecule has 0 saturated carbocycles. The van der Waals surface area contributed by atoms with Crippen LogP contribution in [0, 0.1) is 20.8 Å². The van der Waals surface area contributed by atoms with E-state index in [9.17, 15) is 0 Å². The number of hydrogen-bond acceptors (Lipinski definition) is 3. The van der Waals surface area contributed by atoms with Crippen molar-refractivity contribution >= 4 is 5.82 Å². The summed E-state index contributed by atoms with van der Waals surface area (Å²) in [6.07, 6.45) is 1.62. The molecular weight excluding hydrogens is 150 g/mol. The van der Waals surface area contributed by atoms with Crippen molar-refractivity contribution in [2.75, 3.05) is 5.32 Å². The van der Waals surface area contributed by atoms with E-state index in [0.717, 1.165) is 22.9 Å². The molecule has 0 aromatic carbocycles. The minimum absolute atomic E-state index is 0.780. The molecule has 0 fully saturated rings. The van der Waals surface area contributed by atoms with Crippen molar-refractivity contribution in [2.45, 2.75) is 20.8 Å². The van der Waals surface area contributed by atoms with Crippen molar-refractivity contribution in [1.82, 2.24) is 9.97 Å². The summed E-state index contributed by atoms with van der Waals surface area (Å²) in [6.45, 7) is 9.42. The first kappa shape index (κ1) is 8.71. The molecule has 0 spiro atoms. The molecule has 64 valence electrons. The highest BCUT2D eigenvalue weighted by Gasteiger charge is 2.02. The standard InChI is InChI=1S/C9H13N3/c1-5-10-9-6(2)7(3)11-8(4)12-9/h5H,1H2,2-4H3,(H,10,11,12). The van der Waals surface area contributed by atoms with Gasteiger partial charge in [-0.15, -0.1) is 0 Å². The van der Waals surface area contributed by atoms with Crippen LogP contribution in [0.4, 0.5) is 5.82 Å². The maximum Gasteiger partial charge on any atom is 0.136 e. The summed E-state index contributed by atoms with van der Waals surface area (Å²) in [5.41, 5.74) is 2.08.